The lowest BCUT2D eigenvalue weighted by Crippen LogP contribution is -2.21. The highest BCUT2D eigenvalue weighted by atomic mass is 16.5. The summed E-state index contributed by atoms with van der Waals surface area (Å²) in [5.74, 6) is 0.954. The van der Waals surface area contributed by atoms with Crippen LogP contribution in [0.1, 0.15) is 36.9 Å². The lowest BCUT2D eigenvalue weighted by Gasteiger charge is -2.18. The molecule has 0 aliphatic heterocycles. The van der Waals surface area contributed by atoms with E-state index in [1.54, 1.807) is 7.11 Å². The number of hydrogen-bond acceptors (Lipinski definition) is 2. The molecule has 0 aliphatic rings. The van der Waals surface area contributed by atoms with E-state index in [-0.39, 0.29) is 0 Å². The van der Waals surface area contributed by atoms with Gasteiger partial charge < -0.3 is 10.1 Å². The minimum absolute atomic E-state index is 0.335. The fourth-order valence-electron chi connectivity index (χ4n) is 1.88. The molecular formula is C15H23NO. The Hall–Kier alpha value is -1.28. The first-order chi connectivity index (χ1) is 8.22. The van der Waals surface area contributed by atoms with E-state index in [9.17, 15) is 0 Å². The summed E-state index contributed by atoms with van der Waals surface area (Å²) >= 11 is 0. The standard InChI is InChI=1S/C15H23NO/c1-5-7-14(16-10-6-2)13-9-8-12(3)15(11-13)17-4/h5,8-9,11,14,16H,1,6-7,10H2,2-4H3. The van der Waals surface area contributed by atoms with Crippen LogP contribution < -0.4 is 10.1 Å². The Morgan fingerprint density at radius 2 is 2.24 bits per heavy atom. The number of rotatable bonds is 7. The topological polar surface area (TPSA) is 21.3 Å². The highest BCUT2D eigenvalue weighted by molar-refractivity contribution is 5.38. The molecule has 2 nitrogen and oxygen atoms in total. The van der Waals surface area contributed by atoms with Crippen molar-refractivity contribution in [3.8, 4) is 5.75 Å². The predicted molar refractivity (Wildman–Crippen MR) is 73.6 cm³/mol. The van der Waals surface area contributed by atoms with Crippen LogP contribution in [0.25, 0.3) is 0 Å². The second kappa shape index (κ2) is 7.13. The highest BCUT2D eigenvalue weighted by Gasteiger charge is 2.10. The van der Waals surface area contributed by atoms with Crippen LogP contribution in [0, 0.1) is 6.92 Å². The number of aryl methyl sites for hydroxylation is 1. The smallest absolute Gasteiger partial charge is 0.122 e. The van der Waals surface area contributed by atoms with Crippen molar-refractivity contribution in [2.75, 3.05) is 13.7 Å². The third-order valence-electron chi connectivity index (χ3n) is 2.88. The summed E-state index contributed by atoms with van der Waals surface area (Å²) in [5, 5.41) is 3.53. The van der Waals surface area contributed by atoms with Gasteiger partial charge in [-0.25, -0.2) is 0 Å². The van der Waals surface area contributed by atoms with E-state index in [1.165, 1.54) is 11.1 Å². The van der Waals surface area contributed by atoms with E-state index in [1.807, 2.05) is 6.08 Å². The Balaban J connectivity index is 2.88. The zero-order valence-corrected chi connectivity index (χ0v) is 11.1. The number of methoxy groups -OCH3 is 1. The lowest BCUT2D eigenvalue weighted by molar-refractivity contribution is 0.409. The first kappa shape index (κ1) is 13.8. The van der Waals surface area contributed by atoms with E-state index in [4.69, 9.17) is 4.74 Å². The van der Waals surface area contributed by atoms with Crippen LogP contribution in [-0.4, -0.2) is 13.7 Å². The van der Waals surface area contributed by atoms with Crippen LogP contribution in [-0.2, 0) is 0 Å². The summed E-state index contributed by atoms with van der Waals surface area (Å²) in [6.45, 7) is 9.08. The molecule has 1 unspecified atom stereocenters. The van der Waals surface area contributed by atoms with Crippen LogP contribution in [0.15, 0.2) is 30.9 Å². The molecular weight excluding hydrogens is 210 g/mol. The van der Waals surface area contributed by atoms with Crippen molar-refractivity contribution < 1.29 is 4.74 Å². The summed E-state index contributed by atoms with van der Waals surface area (Å²) in [4.78, 5) is 0. The first-order valence-corrected chi connectivity index (χ1v) is 6.21. The molecule has 0 saturated heterocycles. The molecule has 0 bridgehead atoms. The molecule has 0 spiro atoms. The molecule has 94 valence electrons. The van der Waals surface area contributed by atoms with E-state index >= 15 is 0 Å². The second-order valence-corrected chi connectivity index (χ2v) is 4.26. The van der Waals surface area contributed by atoms with Gasteiger partial charge in [-0.2, -0.15) is 0 Å². The van der Waals surface area contributed by atoms with Gasteiger partial charge in [0.05, 0.1) is 7.11 Å². The monoisotopic (exact) mass is 233 g/mol. The van der Waals surface area contributed by atoms with E-state index in [0.29, 0.717) is 6.04 Å². The highest BCUT2D eigenvalue weighted by Crippen LogP contribution is 2.25. The summed E-state index contributed by atoms with van der Waals surface area (Å²) < 4.78 is 5.36. The van der Waals surface area contributed by atoms with Crippen molar-refractivity contribution in [2.24, 2.45) is 0 Å². The van der Waals surface area contributed by atoms with Crippen molar-refractivity contribution in [1.82, 2.24) is 5.32 Å². The minimum atomic E-state index is 0.335. The van der Waals surface area contributed by atoms with Gasteiger partial charge in [0.2, 0.25) is 0 Å². The van der Waals surface area contributed by atoms with Crippen LogP contribution >= 0.6 is 0 Å². The fraction of sp³-hybridized carbons (Fsp3) is 0.467. The molecule has 0 radical (unpaired) electrons. The molecule has 17 heavy (non-hydrogen) atoms. The summed E-state index contributed by atoms with van der Waals surface area (Å²) in [6.07, 6.45) is 4.03. The number of benzene rings is 1. The molecule has 1 aromatic carbocycles. The molecule has 1 N–H and O–H groups in total. The van der Waals surface area contributed by atoms with Gasteiger partial charge in [0.1, 0.15) is 5.75 Å². The Labute approximate surface area is 105 Å². The Kier molecular flexibility index (Phi) is 5.78. The van der Waals surface area contributed by atoms with Crippen molar-refractivity contribution in [2.45, 2.75) is 32.7 Å². The van der Waals surface area contributed by atoms with Crippen molar-refractivity contribution in [1.29, 1.82) is 0 Å². The van der Waals surface area contributed by atoms with E-state index in [0.717, 1.165) is 25.1 Å². The largest absolute Gasteiger partial charge is 0.496 e. The Morgan fingerprint density at radius 1 is 1.47 bits per heavy atom. The van der Waals surface area contributed by atoms with Gasteiger partial charge in [-0.15, -0.1) is 6.58 Å². The molecule has 0 amide bonds. The average molecular weight is 233 g/mol. The molecule has 0 aromatic heterocycles. The van der Waals surface area contributed by atoms with Gasteiger partial charge in [-0.1, -0.05) is 25.1 Å². The third-order valence-corrected chi connectivity index (χ3v) is 2.88. The van der Waals surface area contributed by atoms with Crippen LogP contribution in [0.4, 0.5) is 0 Å². The van der Waals surface area contributed by atoms with Gasteiger partial charge in [-0.05, 0) is 43.5 Å². The molecule has 0 saturated carbocycles. The summed E-state index contributed by atoms with van der Waals surface area (Å²) in [5.41, 5.74) is 2.44. The van der Waals surface area contributed by atoms with Gasteiger partial charge in [-0.3, -0.25) is 0 Å². The van der Waals surface area contributed by atoms with Gasteiger partial charge in [0.25, 0.3) is 0 Å². The maximum absolute atomic E-state index is 5.36. The maximum atomic E-state index is 5.36. The molecule has 1 atom stereocenters. The lowest BCUT2D eigenvalue weighted by atomic mass is 10.0. The molecule has 1 aromatic rings. The van der Waals surface area contributed by atoms with E-state index < -0.39 is 0 Å². The molecule has 0 heterocycles. The van der Waals surface area contributed by atoms with E-state index in [2.05, 4.69) is 43.9 Å². The predicted octanol–water partition coefficient (Wildman–Crippen LogP) is 3.62. The average Bonchev–Trinajstić information content (AvgIpc) is 2.35. The van der Waals surface area contributed by atoms with Crippen molar-refractivity contribution in [3.63, 3.8) is 0 Å². The zero-order chi connectivity index (χ0) is 12.7. The number of ether oxygens (including phenoxy) is 1. The molecule has 2 heteroatoms. The quantitative estimate of drug-likeness (QED) is 0.726. The summed E-state index contributed by atoms with van der Waals surface area (Å²) in [6, 6.07) is 6.72. The fourth-order valence-corrected chi connectivity index (χ4v) is 1.88. The van der Waals surface area contributed by atoms with Crippen LogP contribution in [0.5, 0.6) is 5.75 Å². The normalized spacial score (nSPS) is 12.2. The minimum Gasteiger partial charge on any atom is -0.496 e. The molecule has 1 rings (SSSR count). The Morgan fingerprint density at radius 3 is 2.82 bits per heavy atom. The van der Waals surface area contributed by atoms with Crippen LogP contribution in [0.3, 0.4) is 0 Å². The SMILES string of the molecule is C=CCC(NCCC)c1ccc(C)c(OC)c1. The van der Waals surface area contributed by atoms with Crippen molar-refractivity contribution >= 4 is 0 Å². The van der Waals surface area contributed by atoms with Gasteiger partial charge >= 0.3 is 0 Å². The second-order valence-electron chi connectivity index (χ2n) is 4.26. The molecule has 0 aliphatic carbocycles. The van der Waals surface area contributed by atoms with Gasteiger partial charge in [0.15, 0.2) is 0 Å². The van der Waals surface area contributed by atoms with Crippen LogP contribution in [0.2, 0.25) is 0 Å². The van der Waals surface area contributed by atoms with Gasteiger partial charge in [0, 0.05) is 6.04 Å². The van der Waals surface area contributed by atoms with Crippen molar-refractivity contribution in [3.05, 3.63) is 42.0 Å². The zero-order valence-electron chi connectivity index (χ0n) is 11.1. The molecule has 0 fully saturated rings. The summed E-state index contributed by atoms with van der Waals surface area (Å²) in [7, 11) is 1.72. The first-order valence-electron chi connectivity index (χ1n) is 6.21. The Bertz CT molecular complexity index is 360. The third kappa shape index (κ3) is 3.90. The number of hydrogen-bond donors (Lipinski definition) is 1. The number of nitrogens with one attached hydrogen (secondary N) is 1. The maximum Gasteiger partial charge on any atom is 0.122 e.